The number of hydrogen-bond acceptors (Lipinski definition) is 2. The Labute approximate surface area is 130 Å². The van der Waals surface area contributed by atoms with Gasteiger partial charge in [-0.05, 0) is 46.8 Å². The fourth-order valence-electron chi connectivity index (χ4n) is 2.98. The standard InChI is InChI=1S/C19H33NO/c1-18(2,3)12-15-9-7-8-14(10-11-16(21)13-20)17(15)19(4,5)6/h7-9,16,21H,10-13,20H2,1-6H3. The number of nitrogens with two attached hydrogens (primary N) is 1. The van der Waals surface area contributed by atoms with Crippen molar-refractivity contribution in [1.82, 2.24) is 0 Å². The molecule has 1 aromatic carbocycles. The summed E-state index contributed by atoms with van der Waals surface area (Å²) in [5.41, 5.74) is 10.2. The third kappa shape index (κ3) is 5.80. The number of aryl methyl sites for hydroxylation is 1. The van der Waals surface area contributed by atoms with Crippen LogP contribution in [0.15, 0.2) is 18.2 Å². The van der Waals surface area contributed by atoms with Gasteiger partial charge in [-0.1, -0.05) is 59.7 Å². The van der Waals surface area contributed by atoms with E-state index in [0.29, 0.717) is 6.54 Å². The van der Waals surface area contributed by atoms with Crippen molar-refractivity contribution in [3.63, 3.8) is 0 Å². The quantitative estimate of drug-likeness (QED) is 0.866. The van der Waals surface area contributed by atoms with Crippen LogP contribution < -0.4 is 5.73 Å². The molecule has 0 heterocycles. The largest absolute Gasteiger partial charge is 0.392 e. The van der Waals surface area contributed by atoms with Crippen molar-refractivity contribution in [2.45, 2.75) is 72.3 Å². The lowest BCUT2D eigenvalue weighted by atomic mass is 9.75. The lowest BCUT2D eigenvalue weighted by Crippen LogP contribution is -2.23. The lowest BCUT2D eigenvalue weighted by molar-refractivity contribution is 0.173. The predicted molar refractivity (Wildman–Crippen MR) is 91.7 cm³/mol. The molecular weight excluding hydrogens is 258 g/mol. The van der Waals surface area contributed by atoms with E-state index in [0.717, 1.165) is 19.3 Å². The van der Waals surface area contributed by atoms with Gasteiger partial charge in [0.15, 0.2) is 0 Å². The molecule has 2 heteroatoms. The zero-order chi connectivity index (χ0) is 16.3. The molecule has 0 amide bonds. The maximum atomic E-state index is 9.74. The van der Waals surface area contributed by atoms with Crippen molar-refractivity contribution >= 4 is 0 Å². The number of hydrogen-bond donors (Lipinski definition) is 2. The van der Waals surface area contributed by atoms with E-state index in [1.54, 1.807) is 0 Å². The number of benzene rings is 1. The highest BCUT2D eigenvalue weighted by Crippen LogP contribution is 2.34. The van der Waals surface area contributed by atoms with Crippen molar-refractivity contribution in [2.24, 2.45) is 11.1 Å². The van der Waals surface area contributed by atoms with Gasteiger partial charge in [0.1, 0.15) is 0 Å². The molecule has 0 aliphatic rings. The highest BCUT2D eigenvalue weighted by atomic mass is 16.3. The maximum absolute atomic E-state index is 9.74. The van der Waals surface area contributed by atoms with E-state index in [2.05, 4.69) is 59.7 Å². The summed E-state index contributed by atoms with van der Waals surface area (Å²) < 4.78 is 0. The van der Waals surface area contributed by atoms with Crippen molar-refractivity contribution < 1.29 is 5.11 Å². The van der Waals surface area contributed by atoms with Gasteiger partial charge in [0.25, 0.3) is 0 Å². The van der Waals surface area contributed by atoms with Gasteiger partial charge in [-0.25, -0.2) is 0 Å². The minimum atomic E-state index is -0.399. The molecule has 2 nitrogen and oxygen atoms in total. The number of rotatable bonds is 5. The fraction of sp³-hybridized carbons (Fsp3) is 0.684. The Morgan fingerprint density at radius 1 is 1.05 bits per heavy atom. The summed E-state index contributed by atoms with van der Waals surface area (Å²) in [6.07, 6.45) is 2.30. The van der Waals surface area contributed by atoms with Crippen LogP contribution in [0.3, 0.4) is 0 Å². The molecule has 21 heavy (non-hydrogen) atoms. The van der Waals surface area contributed by atoms with Gasteiger partial charge in [-0.3, -0.25) is 0 Å². The first-order valence-electron chi connectivity index (χ1n) is 8.04. The predicted octanol–water partition coefficient (Wildman–Crippen LogP) is 3.82. The summed E-state index contributed by atoms with van der Waals surface area (Å²) >= 11 is 0. The molecule has 3 N–H and O–H groups in total. The molecule has 0 spiro atoms. The maximum Gasteiger partial charge on any atom is 0.0665 e. The second-order valence-electron chi connectivity index (χ2n) is 8.37. The molecule has 120 valence electrons. The van der Waals surface area contributed by atoms with Crippen LogP contribution in [0, 0.1) is 5.41 Å². The third-order valence-electron chi connectivity index (χ3n) is 3.73. The molecule has 0 aromatic heterocycles. The number of aliphatic hydroxyl groups excluding tert-OH is 1. The average Bonchev–Trinajstić information content (AvgIpc) is 2.32. The van der Waals surface area contributed by atoms with Crippen molar-refractivity contribution in [1.29, 1.82) is 0 Å². The Morgan fingerprint density at radius 2 is 1.62 bits per heavy atom. The molecule has 1 unspecified atom stereocenters. The molecule has 1 aromatic rings. The van der Waals surface area contributed by atoms with Crippen LogP contribution >= 0.6 is 0 Å². The van der Waals surface area contributed by atoms with Gasteiger partial charge in [0.2, 0.25) is 0 Å². The van der Waals surface area contributed by atoms with Gasteiger partial charge in [0, 0.05) is 6.54 Å². The van der Waals surface area contributed by atoms with Crippen LogP contribution in [-0.2, 0) is 18.3 Å². The first-order valence-corrected chi connectivity index (χ1v) is 8.04. The molecular formula is C19H33NO. The minimum Gasteiger partial charge on any atom is -0.392 e. The SMILES string of the molecule is CC(C)(C)Cc1cccc(CCC(O)CN)c1C(C)(C)C. The van der Waals surface area contributed by atoms with E-state index in [-0.39, 0.29) is 10.8 Å². The van der Waals surface area contributed by atoms with Gasteiger partial charge in [0.05, 0.1) is 6.10 Å². The molecule has 0 aliphatic carbocycles. The molecule has 0 saturated carbocycles. The normalized spacial score (nSPS) is 14.3. The first-order chi connectivity index (χ1) is 9.54. The summed E-state index contributed by atoms with van der Waals surface area (Å²) in [5, 5.41) is 9.74. The summed E-state index contributed by atoms with van der Waals surface area (Å²) in [6.45, 7) is 14.0. The van der Waals surface area contributed by atoms with Gasteiger partial charge >= 0.3 is 0 Å². The molecule has 1 atom stereocenters. The smallest absolute Gasteiger partial charge is 0.0665 e. The molecule has 0 radical (unpaired) electrons. The molecule has 0 bridgehead atoms. The summed E-state index contributed by atoms with van der Waals surface area (Å²) in [5.74, 6) is 0. The van der Waals surface area contributed by atoms with Gasteiger partial charge in [-0.2, -0.15) is 0 Å². The van der Waals surface area contributed by atoms with E-state index in [1.165, 1.54) is 16.7 Å². The van der Waals surface area contributed by atoms with Crippen LogP contribution in [0.25, 0.3) is 0 Å². The Kier molecular flexibility index (Phi) is 6.01. The zero-order valence-corrected chi connectivity index (χ0v) is 14.7. The van der Waals surface area contributed by atoms with Crippen molar-refractivity contribution in [3.8, 4) is 0 Å². The zero-order valence-electron chi connectivity index (χ0n) is 14.7. The van der Waals surface area contributed by atoms with Crippen LogP contribution in [-0.4, -0.2) is 17.8 Å². The van der Waals surface area contributed by atoms with E-state index in [1.807, 2.05) is 0 Å². The van der Waals surface area contributed by atoms with Crippen molar-refractivity contribution in [2.75, 3.05) is 6.54 Å². The van der Waals surface area contributed by atoms with Gasteiger partial charge in [-0.15, -0.1) is 0 Å². The summed E-state index contributed by atoms with van der Waals surface area (Å²) in [6, 6.07) is 6.62. The topological polar surface area (TPSA) is 46.2 Å². The van der Waals surface area contributed by atoms with Crippen LogP contribution in [0.2, 0.25) is 0 Å². The highest BCUT2D eigenvalue weighted by Gasteiger charge is 2.24. The van der Waals surface area contributed by atoms with E-state index < -0.39 is 6.10 Å². The minimum absolute atomic E-state index is 0.116. The van der Waals surface area contributed by atoms with E-state index in [4.69, 9.17) is 5.73 Å². The third-order valence-corrected chi connectivity index (χ3v) is 3.73. The Balaban J connectivity index is 3.16. The summed E-state index contributed by atoms with van der Waals surface area (Å²) in [4.78, 5) is 0. The van der Waals surface area contributed by atoms with Crippen LogP contribution in [0.5, 0.6) is 0 Å². The monoisotopic (exact) mass is 291 g/mol. The molecule has 1 rings (SSSR count). The Morgan fingerprint density at radius 3 is 2.10 bits per heavy atom. The van der Waals surface area contributed by atoms with E-state index in [9.17, 15) is 5.11 Å². The van der Waals surface area contributed by atoms with Crippen LogP contribution in [0.1, 0.15) is 64.7 Å². The highest BCUT2D eigenvalue weighted by molar-refractivity contribution is 5.41. The van der Waals surface area contributed by atoms with E-state index >= 15 is 0 Å². The Bertz CT molecular complexity index is 452. The van der Waals surface area contributed by atoms with Gasteiger partial charge < -0.3 is 10.8 Å². The molecule has 0 aliphatic heterocycles. The van der Waals surface area contributed by atoms with Crippen LogP contribution in [0.4, 0.5) is 0 Å². The Hall–Kier alpha value is -0.860. The second kappa shape index (κ2) is 6.93. The fourth-order valence-corrected chi connectivity index (χ4v) is 2.98. The average molecular weight is 291 g/mol. The number of aliphatic hydroxyl groups is 1. The molecule has 0 fully saturated rings. The molecule has 0 saturated heterocycles. The first kappa shape index (κ1) is 18.2. The van der Waals surface area contributed by atoms with Crippen molar-refractivity contribution in [3.05, 3.63) is 34.9 Å². The second-order valence-corrected chi connectivity index (χ2v) is 8.37. The lowest BCUT2D eigenvalue weighted by Gasteiger charge is -2.30. The summed E-state index contributed by atoms with van der Waals surface area (Å²) in [7, 11) is 0.